The molecule has 1 heterocycles. The van der Waals surface area contributed by atoms with Gasteiger partial charge in [-0.2, -0.15) is 5.26 Å². The number of esters is 1. The summed E-state index contributed by atoms with van der Waals surface area (Å²) >= 11 is 1.70. The molecular weight excluding hydrogens is 345 g/mol. The third-order valence-corrected chi connectivity index (χ3v) is 2.65. The normalized spacial score (nSPS) is 10.1. The van der Waals surface area contributed by atoms with Crippen LogP contribution in [0.2, 0.25) is 0 Å². The fourth-order valence-electron chi connectivity index (χ4n) is 1.10. The van der Waals surface area contributed by atoms with Gasteiger partial charge in [0.25, 0.3) is 6.43 Å². The number of hydrogen-bond acceptors (Lipinski definition) is 4. The highest BCUT2D eigenvalue weighted by Gasteiger charge is 2.21. The van der Waals surface area contributed by atoms with Crippen molar-refractivity contribution in [3.05, 3.63) is 26.6 Å². The Hall–Kier alpha value is -1.30. The van der Waals surface area contributed by atoms with E-state index in [4.69, 9.17) is 5.26 Å². The van der Waals surface area contributed by atoms with Crippen LogP contribution in [0.4, 0.5) is 8.78 Å². The number of hydrogen-bond donors (Lipinski definition) is 0. The number of alkyl halides is 2. The Morgan fingerprint density at radius 2 is 2.35 bits per heavy atom. The van der Waals surface area contributed by atoms with Crippen molar-refractivity contribution in [3.63, 3.8) is 0 Å². The molecule has 90 valence electrons. The van der Waals surface area contributed by atoms with Gasteiger partial charge in [0.1, 0.15) is 11.8 Å². The lowest BCUT2D eigenvalue weighted by Crippen LogP contribution is -2.12. The zero-order valence-corrected chi connectivity index (χ0v) is 10.9. The van der Waals surface area contributed by atoms with Gasteiger partial charge >= 0.3 is 5.97 Å². The maximum atomic E-state index is 12.5. The summed E-state index contributed by atoms with van der Waals surface area (Å²) in [6.07, 6.45) is -2.80. The molecule has 0 fully saturated rings. The summed E-state index contributed by atoms with van der Waals surface area (Å²) in [6.45, 7) is 1.66. The molecule has 0 atom stereocenters. The molecule has 0 amide bonds. The van der Waals surface area contributed by atoms with Gasteiger partial charge in [0.15, 0.2) is 5.69 Å². The topological polar surface area (TPSA) is 63.0 Å². The summed E-state index contributed by atoms with van der Waals surface area (Å²) in [5.41, 5.74) is -0.957. The second-order valence-electron chi connectivity index (χ2n) is 2.89. The maximum absolute atomic E-state index is 12.5. The molecule has 0 aliphatic heterocycles. The Bertz CT molecular complexity index is 486. The first-order chi connectivity index (χ1) is 8.01. The molecule has 0 bridgehead atoms. The van der Waals surface area contributed by atoms with Gasteiger partial charge in [-0.1, -0.05) is 0 Å². The Morgan fingerprint density at radius 3 is 2.82 bits per heavy atom. The largest absolute Gasteiger partial charge is 0.461 e. The smallest absolute Gasteiger partial charge is 0.358 e. The summed E-state index contributed by atoms with van der Waals surface area (Å²) in [4.78, 5) is 14.9. The van der Waals surface area contributed by atoms with Crippen molar-refractivity contribution in [3.8, 4) is 6.07 Å². The van der Waals surface area contributed by atoms with E-state index >= 15 is 0 Å². The number of pyridine rings is 1. The van der Waals surface area contributed by atoms with Crippen molar-refractivity contribution in [2.24, 2.45) is 0 Å². The maximum Gasteiger partial charge on any atom is 0.358 e. The molecule has 0 saturated heterocycles. The number of carbonyl (C=O) groups excluding carboxylic acids is 1. The average molecular weight is 352 g/mol. The monoisotopic (exact) mass is 352 g/mol. The third-order valence-electron chi connectivity index (χ3n) is 1.80. The van der Waals surface area contributed by atoms with Crippen molar-refractivity contribution in [2.75, 3.05) is 6.61 Å². The molecule has 1 rings (SSSR count). The molecule has 7 heteroatoms. The van der Waals surface area contributed by atoms with E-state index in [-0.39, 0.29) is 21.4 Å². The van der Waals surface area contributed by atoms with Crippen molar-refractivity contribution in [1.29, 1.82) is 5.26 Å². The molecule has 1 aromatic rings. The zero-order chi connectivity index (χ0) is 13.0. The van der Waals surface area contributed by atoms with Gasteiger partial charge in [0.05, 0.1) is 12.2 Å². The summed E-state index contributed by atoms with van der Waals surface area (Å²) < 4.78 is 29.9. The van der Waals surface area contributed by atoms with E-state index in [0.717, 1.165) is 6.07 Å². The summed E-state index contributed by atoms with van der Waals surface area (Å²) in [5.74, 6) is -0.871. The Balaban J connectivity index is 3.35. The minimum absolute atomic E-state index is 0.0477. The Kier molecular flexibility index (Phi) is 4.74. The zero-order valence-electron chi connectivity index (χ0n) is 8.71. The lowest BCUT2D eigenvalue weighted by atomic mass is 10.2. The van der Waals surface area contributed by atoms with Crippen LogP contribution in [-0.4, -0.2) is 17.6 Å². The molecule has 0 aliphatic carbocycles. The summed E-state index contributed by atoms with van der Waals surface area (Å²) in [6, 6.07) is 2.83. The van der Waals surface area contributed by atoms with E-state index in [0.29, 0.717) is 0 Å². The highest BCUT2D eigenvalue weighted by Crippen LogP contribution is 2.23. The first kappa shape index (κ1) is 13.8. The molecule has 0 N–H and O–H groups in total. The number of nitrogens with zero attached hydrogens (tertiary/aromatic N) is 2. The first-order valence-corrected chi connectivity index (χ1v) is 5.65. The van der Waals surface area contributed by atoms with Crippen LogP contribution in [0.1, 0.15) is 35.1 Å². The number of ether oxygens (including phenoxy) is 1. The van der Waals surface area contributed by atoms with Crippen molar-refractivity contribution < 1.29 is 18.3 Å². The van der Waals surface area contributed by atoms with E-state index in [2.05, 4.69) is 9.72 Å². The molecule has 0 spiro atoms. The lowest BCUT2D eigenvalue weighted by molar-refractivity contribution is 0.0517. The van der Waals surface area contributed by atoms with Gasteiger partial charge in [-0.15, -0.1) is 0 Å². The van der Waals surface area contributed by atoms with Crippen molar-refractivity contribution >= 4 is 28.6 Å². The van der Waals surface area contributed by atoms with Crippen LogP contribution in [0.5, 0.6) is 0 Å². The molecule has 0 unspecified atom stereocenters. The van der Waals surface area contributed by atoms with Gasteiger partial charge in [-0.05, 0) is 35.6 Å². The van der Waals surface area contributed by atoms with Gasteiger partial charge in [-0.3, -0.25) is 0 Å². The van der Waals surface area contributed by atoms with E-state index < -0.39 is 18.1 Å². The van der Waals surface area contributed by atoms with Gasteiger partial charge in [-0.25, -0.2) is 18.6 Å². The SMILES string of the molecule is CCOC(=O)c1nc(C(F)F)cc(I)c1C#N. The second-order valence-corrected chi connectivity index (χ2v) is 4.05. The molecule has 0 saturated carbocycles. The number of rotatable bonds is 3. The highest BCUT2D eigenvalue weighted by molar-refractivity contribution is 14.1. The third kappa shape index (κ3) is 3.09. The Labute approximate surface area is 110 Å². The molecule has 1 aromatic heterocycles. The minimum atomic E-state index is -2.80. The van der Waals surface area contributed by atoms with Crippen LogP contribution in [0.25, 0.3) is 0 Å². The van der Waals surface area contributed by atoms with Crippen LogP contribution in [0, 0.1) is 14.9 Å². The minimum Gasteiger partial charge on any atom is -0.461 e. The second kappa shape index (κ2) is 5.86. The number of aromatic nitrogens is 1. The molecule has 0 radical (unpaired) electrons. The highest BCUT2D eigenvalue weighted by atomic mass is 127. The van der Waals surface area contributed by atoms with Gasteiger partial charge in [0, 0.05) is 3.57 Å². The predicted octanol–water partition coefficient (Wildman–Crippen LogP) is 2.67. The molecule has 0 aromatic carbocycles. The van der Waals surface area contributed by atoms with Crippen LogP contribution in [0.15, 0.2) is 6.07 Å². The van der Waals surface area contributed by atoms with Crippen molar-refractivity contribution in [2.45, 2.75) is 13.3 Å². The van der Waals surface area contributed by atoms with Crippen LogP contribution < -0.4 is 0 Å². The average Bonchev–Trinajstić information content (AvgIpc) is 2.28. The van der Waals surface area contributed by atoms with E-state index in [1.165, 1.54) is 0 Å². The number of carbonyl (C=O) groups is 1. The quantitative estimate of drug-likeness (QED) is 0.620. The molecular formula is C10H7F2IN2O2. The fraction of sp³-hybridized carbons (Fsp3) is 0.300. The van der Waals surface area contributed by atoms with Crippen LogP contribution in [0.3, 0.4) is 0 Å². The standard InChI is InChI=1S/C10H7F2IN2O2/c1-2-17-10(16)8-5(4-14)6(13)3-7(15-8)9(11)12/h3,9H,2H2,1H3. The van der Waals surface area contributed by atoms with Crippen LogP contribution >= 0.6 is 22.6 Å². The lowest BCUT2D eigenvalue weighted by Gasteiger charge is -2.07. The summed E-state index contributed by atoms with van der Waals surface area (Å²) in [5, 5.41) is 8.86. The van der Waals surface area contributed by atoms with E-state index in [9.17, 15) is 13.6 Å². The predicted molar refractivity (Wildman–Crippen MR) is 62.6 cm³/mol. The first-order valence-electron chi connectivity index (χ1n) is 4.57. The molecule has 0 aliphatic rings. The van der Waals surface area contributed by atoms with Crippen molar-refractivity contribution in [1.82, 2.24) is 4.98 Å². The van der Waals surface area contributed by atoms with E-state index in [1.807, 2.05) is 0 Å². The van der Waals surface area contributed by atoms with Crippen LogP contribution in [-0.2, 0) is 4.74 Å². The number of nitriles is 1. The number of halogens is 3. The van der Waals surface area contributed by atoms with Gasteiger partial charge < -0.3 is 4.74 Å². The summed E-state index contributed by atoms with van der Waals surface area (Å²) in [7, 11) is 0. The van der Waals surface area contributed by atoms with Gasteiger partial charge in [0.2, 0.25) is 0 Å². The molecule has 17 heavy (non-hydrogen) atoms. The van der Waals surface area contributed by atoms with E-state index in [1.54, 1.807) is 35.6 Å². The Morgan fingerprint density at radius 1 is 1.71 bits per heavy atom. The molecule has 4 nitrogen and oxygen atoms in total. The fourth-order valence-corrected chi connectivity index (χ4v) is 1.79.